The summed E-state index contributed by atoms with van der Waals surface area (Å²) in [4.78, 5) is 29.2. The zero-order valence-corrected chi connectivity index (χ0v) is 14.8. The fourth-order valence-electron chi connectivity index (χ4n) is 3.22. The van der Waals surface area contributed by atoms with E-state index >= 15 is 0 Å². The minimum absolute atomic E-state index is 0.211. The molecule has 0 spiro atoms. The number of halogens is 1. The van der Waals surface area contributed by atoms with E-state index in [1.807, 2.05) is 13.0 Å². The van der Waals surface area contributed by atoms with Crippen molar-refractivity contribution in [2.45, 2.75) is 13.8 Å². The largest absolute Gasteiger partial charge is 0.368 e. The normalized spacial score (nSPS) is 14.7. The Morgan fingerprint density at radius 3 is 2.24 bits per heavy atom. The Hall–Kier alpha value is -2.63. The highest BCUT2D eigenvalue weighted by Gasteiger charge is 2.26. The first-order valence-electron chi connectivity index (χ1n) is 8.35. The van der Waals surface area contributed by atoms with Gasteiger partial charge in [-0.25, -0.2) is 4.39 Å². The molecular weight excluding hydrogens is 321 g/mol. The first kappa shape index (κ1) is 17.2. The van der Waals surface area contributed by atoms with E-state index < -0.39 is 0 Å². The molecule has 0 bridgehead atoms. The van der Waals surface area contributed by atoms with Gasteiger partial charge in [-0.2, -0.15) is 0 Å². The van der Waals surface area contributed by atoms with Crippen LogP contribution >= 0.6 is 0 Å². The molecule has 5 nitrogen and oxygen atoms in total. The topological polar surface area (TPSA) is 45.6 Å². The predicted octanol–water partition coefficient (Wildman–Crippen LogP) is 2.10. The van der Waals surface area contributed by atoms with Crippen molar-refractivity contribution >= 4 is 11.6 Å². The van der Waals surface area contributed by atoms with Crippen molar-refractivity contribution in [3.8, 4) is 0 Å². The van der Waals surface area contributed by atoms with Crippen LogP contribution in [0.2, 0.25) is 0 Å². The van der Waals surface area contributed by atoms with Crippen LogP contribution in [0.5, 0.6) is 0 Å². The third-order valence-electron chi connectivity index (χ3n) is 4.84. The van der Waals surface area contributed by atoms with Gasteiger partial charge in [0.1, 0.15) is 11.4 Å². The number of hydrogen-bond acceptors (Lipinski definition) is 3. The molecule has 1 fully saturated rings. The van der Waals surface area contributed by atoms with Crippen molar-refractivity contribution in [3.05, 3.63) is 63.3 Å². The number of nitrogens with zero attached hydrogens (tertiary/aromatic N) is 3. The summed E-state index contributed by atoms with van der Waals surface area (Å²) in [6, 6.07) is 8.22. The number of aromatic nitrogens is 1. The lowest BCUT2D eigenvalue weighted by atomic mass is 10.1. The number of carbonyl (C=O) groups excluding carboxylic acids is 1. The van der Waals surface area contributed by atoms with E-state index in [-0.39, 0.29) is 22.8 Å². The van der Waals surface area contributed by atoms with E-state index in [0.717, 1.165) is 11.4 Å². The number of aryl methyl sites for hydroxylation is 2. The van der Waals surface area contributed by atoms with Gasteiger partial charge < -0.3 is 14.4 Å². The molecule has 2 aromatic rings. The van der Waals surface area contributed by atoms with E-state index in [2.05, 4.69) is 4.90 Å². The van der Waals surface area contributed by atoms with Gasteiger partial charge in [0.25, 0.3) is 11.5 Å². The second-order valence-corrected chi connectivity index (χ2v) is 6.46. The molecule has 3 rings (SSSR count). The predicted molar refractivity (Wildman–Crippen MR) is 95.7 cm³/mol. The summed E-state index contributed by atoms with van der Waals surface area (Å²) in [5.41, 5.74) is 2.49. The van der Waals surface area contributed by atoms with Crippen LogP contribution in [0, 0.1) is 19.7 Å². The maximum absolute atomic E-state index is 13.0. The lowest BCUT2D eigenvalue weighted by Gasteiger charge is -2.36. The van der Waals surface area contributed by atoms with Crippen LogP contribution in [-0.2, 0) is 7.05 Å². The Morgan fingerprint density at radius 1 is 1.04 bits per heavy atom. The lowest BCUT2D eigenvalue weighted by molar-refractivity contribution is 0.0743. The average Bonchev–Trinajstić information content (AvgIpc) is 2.60. The molecule has 0 atom stereocenters. The highest BCUT2D eigenvalue weighted by molar-refractivity contribution is 5.95. The van der Waals surface area contributed by atoms with Crippen molar-refractivity contribution in [3.63, 3.8) is 0 Å². The minimum atomic E-state index is -0.261. The Bertz CT molecular complexity index is 850. The molecule has 0 N–H and O–H groups in total. The summed E-state index contributed by atoms with van der Waals surface area (Å²) in [5.74, 6) is -0.472. The lowest BCUT2D eigenvalue weighted by Crippen LogP contribution is -2.50. The van der Waals surface area contributed by atoms with Crippen LogP contribution in [0.3, 0.4) is 0 Å². The van der Waals surface area contributed by atoms with E-state index in [4.69, 9.17) is 0 Å². The molecule has 1 aliphatic heterocycles. The fourth-order valence-corrected chi connectivity index (χ4v) is 3.22. The maximum atomic E-state index is 13.0. The second-order valence-electron chi connectivity index (χ2n) is 6.46. The molecule has 1 amide bonds. The van der Waals surface area contributed by atoms with Gasteiger partial charge in [-0.15, -0.1) is 0 Å². The van der Waals surface area contributed by atoms with Crippen LogP contribution in [0.4, 0.5) is 10.1 Å². The van der Waals surface area contributed by atoms with Gasteiger partial charge in [0.15, 0.2) is 0 Å². The van der Waals surface area contributed by atoms with Gasteiger partial charge in [-0.05, 0) is 49.7 Å². The molecule has 6 heteroatoms. The monoisotopic (exact) mass is 343 g/mol. The van der Waals surface area contributed by atoms with Crippen LogP contribution in [0.15, 0.2) is 35.1 Å². The standard InChI is InChI=1S/C19H22FN3O2/c1-13-12-14(2)21(3)18(24)17(13)19(25)23-10-8-22(9-11-23)16-6-4-15(20)5-7-16/h4-7,12H,8-11H2,1-3H3. The number of piperazine rings is 1. The first-order valence-corrected chi connectivity index (χ1v) is 8.35. The maximum Gasteiger partial charge on any atom is 0.263 e. The molecule has 1 aromatic carbocycles. The number of benzene rings is 1. The van der Waals surface area contributed by atoms with Gasteiger partial charge in [-0.3, -0.25) is 9.59 Å². The Morgan fingerprint density at radius 2 is 1.64 bits per heavy atom. The molecule has 1 aliphatic rings. The molecule has 2 heterocycles. The zero-order chi connectivity index (χ0) is 18.1. The molecule has 132 valence electrons. The second kappa shape index (κ2) is 6.70. The van der Waals surface area contributed by atoms with Gasteiger partial charge in [0.2, 0.25) is 0 Å². The van der Waals surface area contributed by atoms with Gasteiger partial charge >= 0.3 is 0 Å². The number of hydrogen-bond donors (Lipinski definition) is 0. The molecule has 0 radical (unpaired) electrons. The van der Waals surface area contributed by atoms with Crippen molar-refractivity contribution in [2.75, 3.05) is 31.1 Å². The quantitative estimate of drug-likeness (QED) is 0.839. The molecule has 25 heavy (non-hydrogen) atoms. The van der Waals surface area contributed by atoms with E-state index in [1.165, 1.54) is 16.7 Å². The summed E-state index contributed by atoms with van der Waals surface area (Å²) in [6.45, 7) is 6.03. The number of amides is 1. The summed E-state index contributed by atoms with van der Waals surface area (Å²) in [5, 5.41) is 0. The molecule has 0 unspecified atom stereocenters. The Labute approximate surface area is 146 Å². The number of carbonyl (C=O) groups is 1. The SMILES string of the molecule is Cc1cc(C)n(C)c(=O)c1C(=O)N1CCN(c2ccc(F)cc2)CC1. The summed E-state index contributed by atoms with van der Waals surface area (Å²) in [6.07, 6.45) is 0. The third-order valence-corrected chi connectivity index (χ3v) is 4.84. The summed E-state index contributed by atoms with van der Waals surface area (Å²) < 4.78 is 14.6. The number of pyridine rings is 1. The van der Waals surface area contributed by atoms with Gasteiger partial charge in [0.05, 0.1) is 0 Å². The van der Waals surface area contributed by atoms with Crippen LogP contribution in [0.25, 0.3) is 0 Å². The van der Waals surface area contributed by atoms with E-state index in [1.54, 1.807) is 31.0 Å². The first-order chi connectivity index (χ1) is 11.9. The smallest absolute Gasteiger partial charge is 0.263 e. The van der Waals surface area contributed by atoms with Crippen molar-refractivity contribution in [1.82, 2.24) is 9.47 Å². The highest BCUT2D eigenvalue weighted by Crippen LogP contribution is 2.18. The molecule has 1 saturated heterocycles. The number of anilines is 1. The van der Waals surface area contributed by atoms with Gasteiger partial charge in [-0.1, -0.05) is 0 Å². The summed E-state index contributed by atoms with van der Waals surface area (Å²) >= 11 is 0. The van der Waals surface area contributed by atoms with Crippen molar-refractivity contribution in [2.24, 2.45) is 7.05 Å². The summed E-state index contributed by atoms with van der Waals surface area (Å²) in [7, 11) is 1.68. The zero-order valence-electron chi connectivity index (χ0n) is 14.8. The van der Waals surface area contributed by atoms with Crippen LogP contribution in [-0.4, -0.2) is 41.6 Å². The van der Waals surface area contributed by atoms with Crippen molar-refractivity contribution < 1.29 is 9.18 Å². The van der Waals surface area contributed by atoms with E-state index in [0.29, 0.717) is 31.7 Å². The molecular formula is C19H22FN3O2. The molecule has 0 aliphatic carbocycles. The van der Waals surface area contributed by atoms with Crippen LogP contribution < -0.4 is 10.5 Å². The highest BCUT2D eigenvalue weighted by atomic mass is 19.1. The average molecular weight is 343 g/mol. The van der Waals surface area contributed by atoms with Crippen LogP contribution in [0.1, 0.15) is 21.6 Å². The van der Waals surface area contributed by atoms with E-state index in [9.17, 15) is 14.0 Å². The van der Waals surface area contributed by atoms with Crippen molar-refractivity contribution in [1.29, 1.82) is 0 Å². The molecule has 0 saturated carbocycles. The minimum Gasteiger partial charge on any atom is -0.368 e. The molecule has 1 aromatic heterocycles. The fraction of sp³-hybridized carbons (Fsp3) is 0.368. The van der Waals surface area contributed by atoms with Gasteiger partial charge in [0, 0.05) is 44.6 Å². The third kappa shape index (κ3) is 3.29. The number of rotatable bonds is 2. The Kier molecular flexibility index (Phi) is 4.61. The Balaban J connectivity index is 1.75.